The Morgan fingerprint density at radius 3 is 2.05 bits per heavy atom. The maximum Gasteiger partial charge on any atom is 0.381 e. The number of hydrogen-bond donors (Lipinski definition) is 2. The predicted octanol–water partition coefficient (Wildman–Crippen LogP) is 0.595. The average molecular weight is 278 g/mol. The van der Waals surface area contributed by atoms with Gasteiger partial charge in [-0.05, 0) is 38.1 Å². The van der Waals surface area contributed by atoms with E-state index in [0.717, 1.165) is 4.74 Å². The van der Waals surface area contributed by atoms with Crippen LogP contribution in [0.2, 0.25) is 0 Å². The van der Waals surface area contributed by atoms with Gasteiger partial charge in [-0.15, -0.1) is 4.74 Å². The van der Waals surface area contributed by atoms with Gasteiger partial charge in [-0.1, -0.05) is 0 Å². The maximum atomic E-state index is 12.5. The molecule has 6 heteroatoms. The van der Waals surface area contributed by atoms with E-state index < -0.39 is 17.0 Å². The standard InChI is InChI=1S/C14H18N2O4/c1-13(2)14(3,4)16(20)11(15(13)19)9-5-7-10(8-6-9)12(17)18/h5-8,15H,1-4H3,(H,17,18). The Hall–Kier alpha value is -1.92. The van der Waals surface area contributed by atoms with Crippen LogP contribution >= 0.6 is 0 Å². The van der Waals surface area contributed by atoms with E-state index in [4.69, 9.17) is 5.11 Å². The summed E-state index contributed by atoms with van der Waals surface area (Å²) in [7, 11) is 0. The zero-order valence-corrected chi connectivity index (χ0v) is 11.9. The second-order valence-electron chi connectivity index (χ2n) is 6.04. The molecule has 1 aliphatic rings. The largest absolute Gasteiger partial charge is 0.624 e. The third kappa shape index (κ3) is 1.80. The number of carboxylic acids is 1. The third-order valence-electron chi connectivity index (χ3n) is 4.43. The van der Waals surface area contributed by atoms with Crippen molar-refractivity contribution in [2.45, 2.75) is 38.8 Å². The van der Waals surface area contributed by atoms with E-state index in [1.807, 2.05) is 0 Å². The molecule has 1 atom stereocenters. The van der Waals surface area contributed by atoms with E-state index in [-0.39, 0.29) is 16.5 Å². The minimum Gasteiger partial charge on any atom is -0.624 e. The Morgan fingerprint density at radius 1 is 1.20 bits per heavy atom. The van der Waals surface area contributed by atoms with Crippen molar-refractivity contribution in [1.29, 1.82) is 0 Å². The van der Waals surface area contributed by atoms with Crippen LogP contribution in [0, 0.1) is 10.4 Å². The van der Waals surface area contributed by atoms with E-state index in [1.54, 1.807) is 27.7 Å². The molecule has 1 aliphatic heterocycles. The first-order chi connectivity index (χ1) is 9.10. The lowest BCUT2D eigenvalue weighted by molar-refractivity contribution is -0.805. The molecule has 0 spiro atoms. The Balaban J connectivity index is 2.52. The zero-order valence-electron chi connectivity index (χ0n) is 11.9. The van der Waals surface area contributed by atoms with E-state index >= 15 is 0 Å². The van der Waals surface area contributed by atoms with Gasteiger partial charge in [0.2, 0.25) is 5.54 Å². The Labute approximate surface area is 117 Å². The maximum absolute atomic E-state index is 12.5. The second kappa shape index (κ2) is 4.29. The molecule has 0 saturated heterocycles. The van der Waals surface area contributed by atoms with Gasteiger partial charge in [0, 0.05) is 13.8 Å². The molecule has 0 saturated carbocycles. The molecule has 20 heavy (non-hydrogen) atoms. The number of hydroxylamine groups is 3. The quantitative estimate of drug-likeness (QED) is 0.612. The van der Waals surface area contributed by atoms with Gasteiger partial charge in [0.1, 0.15) is 5.56 Å². The summed E-state index contributed by atoms with van der Waals surface area (Å²) in [6, 6.07) is 5.78. The van der Waals surface area contributed by atoms with Crippen LogP contribution in [0.1, 0.15) is 43.6 Å². The predicted molar refractivity (Wildman–Crippen MR) is 73.6 cm³/mol. The molecule has 2 N–H and O–H groups in total. The van der Waals surface area contributed by atoms with Crippen LogP contribution < -0.4 is 5.06 Å². The average Bonchev–Trinajstić information content (AvgIpc) is 2.49. The normalized spacial score (nSPS) is 23.9. The summed E-state index contributed by atoms with van der Waals surface area (Å²) >= 11 is 0. The van der Waals surface area contributed by atoms with Gasteiger partial charge in [-0.25, -0.2) is 4.79 Å². The molecule has 0 aromatic heterocycles. The highest BCUT2D eigenvalue weighted by molar-refractivity contribution is 5.92. The minimum absolute atomic E-state index is 0.0944. The lowest BCUT2D eigenvalue weighted by Gasteiger charge is -2.34. The first-order valence-corrected chi connectivity index (χ1v) is 6.33. The van der Waals surface area contributed by atoms with Crippen LogP contribution in [0.5, 0.6) is 0 Å². The Morgan fingerprint density at radius 2 is 1.70 bits per heavy atom. The highest BCUT2D eigenvalue weighted by atomic mass is 16.5. The smallest absolute Gasteiger partial charge is 0.381 e. The molecule has 0 fully saturated rings. The van der Waals surface area contributed by atoms with Crippen LogP contribution in [-0.4, -0.2) is 32.7 Å². The number of quaternary nitrogens is 1. The molecule has 2 rings (SSSR count). The van der Waals surface area contributed by atoms with Crippen molar-refractivity contribution in [2.75, 3.05) is 0 Å². The number of hydrogen-bond acceptors (Lipinski definition) is 3. The fourth-order valence-electron chi connectivity index (χ4n) is 2.22. The topological polar surface area (TPSA) is 90.9 Å². The van der Waals surface area contributed by atoms with Gasteiger partial charge >= 0.3 is 11.8 Å². The highest BCUT2D eigenvalue weighted by Crippen LogP contribution is 2.27. The van der Waals surface area contributed by atoms with E-state index in [1.165, 1.54) is 24.3 Å². The van der Waals surface area contributed by atoms with Gasteiger partial charge in [-0.3, -0.25) is 5.06 Å². The molecule has 6 nitrogen and oxygen atoms in total. The summed E-state index contributed by atoms with van der Waals surface area (Å²) in [4.78, 5) is 10.8. The van der Waals surface area contributed by atoms with Gasteiger partial charge in [0.25, 0.3) is 0 Å². The third-order valence-corrected chi connectivity index (χ3v) is 4.43. The number of aromatic carboxylic acids is 1. The van der Waals surface area contributed by atoms with Gasteiger partial charge in [-0.2, -0.15) is 0 Å². The summed E-state index contributed by atoms with van der Waals surface area (Å²) < 4.78 is 0.741. The monoisotopic (exact) mass is 278 g/mol. The summed E-state index contributed by atoms with van der Waals surface area (Å²) in [5, 5.41) is 33.5. The number of amidine groups is 1. The van der Waals surface area contributed by atoms with Crippen molar-refractivity contribution >= 4 is 11.8 Å². The van der Waals surface area contributed by atoms with Crippen molar-refractivity contribution in [2.24, 2.45) is 0 Å². The summed E-state index contributed by atoms with van der Waals surface area (Å²) in [6.45, 7) is 6.96. The molecule has 1 aromatic rings. The molecule has 0 amide bonds. The zero-order chi connectivity index (χ0) is 15.3. The van der Waals surface area contributed by atoms with E-state index in [0.29, 0.717) is 5.56 Å². The molecular weight excluding hydrogens is 260 g/mol. The molecule has 0 radical (unpaired) electrons. The number of nitrogens with one attached hydrogen (secondary N) is 1. The second-order valence-corrected chi connectivity index (χ2v) is 6.04. The van der Waals surface area contributed by atoms with Crippen molar-refractivity contribution < 1.29 is 19.7 Å². The van der Waals surface area contributed by atoms with Crippen molar-refractivity contribution in [3.63, 3.8) is 0 Å². The van der Waals surface area contributed by atoms with Gasteiger partial charge < -0.3 is 15.5 Å². The molecule has 1 aromatic carbocycles. The lowest BCUT2D eigenvalue weighted by atomic mass is 9.84. The fourth-order valence-corrected chi connectivity index (χ4v) is 2.22. The molecule has 0 aliphatic carbocycles. The number of benzene rings is 1. The Bertz CT molecular complexity index is 588. The SMILES string of the molecule is CC1(C)[N+]([O-])=C(c2ccc(C(=O)O)cc2)[NH+]([O-])C1(C)C. The Kier molecular flexibility index (Phi) is 3.11. The minimum atomic E-state index is -1.04. The van der Waals surface area contributed by atoms with Crippen molar-refractivity contribution in [3.05, 3.63) is 45.8 Å². The fraction of sp³-hybridized carbons (Fsp3) is 0.429. The van der Waals surface area contributed by atoms with Crippen LogP contribution in [0.25, 0.3) is 0 Å². The molecule has 108 valence electrons. The number of nitrogens with zero attached hydrogens (tertiary/aromatic N) is 1. The van der Waals surface area contributed by atoms with E-state index in [9.17, 15) is 15.2 Å². The van der Waals surface area contributed by atoms with Crippen LogP contribution in [0.4, 0.5) is 0 Å². The summed E-state index contributed by atoms with van der Waals surface area (Å²) in [6.07, 6.45) is 0. The van der Waals surface area contributed by atoms with Gasteiger partial charge in [0.15, 0.2) is 5.54 Å². The summed E-state index contributed by atoms with van der Waals surface area (Å²) in [5.74, 6) is -0.948. The number of carbonyl (C=O) groups is 1. The van der Waals surface area contributed by atoms with Crippen LogP contribution in [-0.2, 0) is 0 Å². The molecule has 1 unspecified atom stereocenters. The first kappa shape index (κ1) is 14.5. The lowest BCUT2D eigenvalue weighted by Crippen LogP contribution is -3.17. The molecular formula is C14H18N2O4. The van der Waals surface area contributed by atoms with E-state index in [2.05, 4.69) is 0 Å². The van der Waals surface area contributed by atoms with Crippen molar-refractivity contribution in [1.82, 2.24) is 0 Å². The molecule has 1 heterocycles. The first-order valence-electron chi connectivity index (χ1n) is 6.33. The van der Waals surface area contributed by atoms with Crippen LogP contribution in [0.3, 0.4) is 0 Å². The summed E-state index contributed by atoms with van der Waals surface area (Å²) in [5.41, 5.74) is -1.06. The van der Waals surface area contributed by atoms with Crippen LogP contribution in [0.15, 0.2) is 24.3 Å². The number of rotatable bonds is 2. The highest BCUT2D eigenvalue weighted by Gasteiger charge is 2.60. The number of carboxylic acid groups (broad SMARTS) is 1. The van der Waals surface area contributed by atoms with Gasteiger partial charge in [0.05, 0.1) is 5.56 Å². The molecule has 0 bridgehead atoms. The van der Waals surface area contributed by atoms with Crippen molar-refractivity contribution in [3.8, 4) is 0 Å².